The van der Waals surface area contributed by atoms with Gasteiger partial charge in [-0.25, -0.2) is 4.39 Å². The number of aliphatic hydroxyl groups excluding tert-OH is 1. The Bertz CT molecular complexity index is 917. The molecule has 1 aliphatic heterocycles. The SMILES string of the molecule is CC(C)(CO)NC=O.Fc1c(Nc2cc(C3C[CH-]CC3)[nH]n2)ccc2c1CS(=S)C2.[CH3-].[U+2]. The second kappa shape index (κ2) is 13.2. The number of nitrogens with one attached hydrogen (secondary N) is 3. The van der Waals surface area contributed by atoms with Crippen LogP contribution in [0.4, 0.5) is 15.9 Å². The predicted molar refractivity (Wildman–Crippen MR) is 128 cm³/mol. The molecule has 2 heterocycles. The van der Waals surface area contributed by atoms with Crippen LogP contribution in [0.5, 0.6) is 0 Å². The summed E-state index contributed by atoms with van der Waals surface area (Å²) in [4.78, 5) is 9.76. The summed E-state index contributed by atoms with van der Waals surface area (Å²) < 4.78 is 14.6. The third-order valence-corrected chi connectivity index (χ3v) is 7.23. The molecule has 1 amide bonds. The van der Waals surface area contributed by atoms with E-state index in [1.165, 1.54) is 0 Å². The predicted octanol–water partition coefficient (Wildman–Crippen LogP) is 3.81. The number of hydrogen-bond acceptors (Lipinski definition) is 5. The Kier molecular flexibility index (Phi) is 12.1. The average molecular weight is 705 g/mol. The van der Waals surface area contributed by atoms with Crippen molar-refractivity contribution in [2.24, 2.45) is 0 Å². The van der Waals surface area contributed by atoms with Gasteiger partial charge in [0, 0.05) is 28.8 Å². The van der Waals surface area contributed by atoms with Crippen LogP contribution >= 0.6 is 0 Å². The molecule has 0 saturated heterocycles. The molecule has 4 N–H and O–H groups in total. The van der Waals surface area contributed by atoms with Crippen molar-refractivity contribution in [2.45, 2.75) is 56.1 Å². The quantitative estimate of drug-likeness (QED) is 0.272. The zero-order valence-electron chi connectivity index (χ0n) is 18.7. The Balaban J connectivity index is 0.000000447. The van der Waals surface area contributed by atoms with E-state index in [0.717, 1.165) is 41.8 Å². The van der Waals surface area contributed by atoms with E-state index in [4.69, 9.17) is 16.3 Å². The van der Waals surface area contributed by atoms with Crippen LogP contribution in [0.3, 0.4) is 0 Å². The van der Waals surface area contributed by atoms with E-state index >= 15 is 0 Å². The molecular weight excluding hydrogens is 673 g/mol. The summed E-state index contributed by atoms with van der Waals surface area (Å²) in [6, 6.07) is 5.78. The smallest absolute Gasteiger partial charge is 0.394 e. The minimum atomic E-state index is -0.470. The number of benzene rings is 1. The zero-order chi connectivity index (χ0) is 21.7. The molecule has 2 aliphatic rings. The number of anilines is 2. The molecule has 1 aliphatic carbocycles. The van der Waals surface area contributed by atoms with Crippen molar-refractivity contribution < 1.29 is 45.4 Å². The van der Waals surface area contributed by atoms with Crippen LogP contribution in [0.15, 0.2) is 18.2 Å². The maximum atomic E-state index is 14.6. The summed E-state index contributed by atoms with van der Waals surface area (Å²) in [5, 5.41) is 21.4. The number of rotatable bonds is 6. The van der Waals surface area contributed by atoms with Crippen molar-refractivity contribution in [1.82, 2.24) is 15.5 Å². The van der Waals surface area contributed by atoms with Crippen molar-refractivity contribution >= 4 is 38.6 Å². The van der Waals surface area contributed by atoms with Crippen LogP contribution in [-0.2, 0) is 36.9 Å². The Labute approximate surface area is 220 Å². The van der Waals surface area contributed by atoms with E-state index < -0.39 is 5.54 Å². The molecule has 174 valence electrons. The van der Waals surface area contributed by atoms with Crippen molar-refractivity contribution in [2.75, 3.05) is 11.9 Å². The third kappa shape index (κ3) is 7.63. The van der Waals surface area contributed by atoms with Gasteiger partial charge in [-0.3, -0.25) is 9.89 Å². The molecule has 0 bridgehead atoms. The van der Waals surface area contributed by atoms with Gasteiger partial charge >= 0.3 is 31.1 Å². The standard InChI is InChI=1S/C16H17FN3S2.C5H11NO2.CH3.U/c17-16-12-9-22(21)8-11(12)5-6-13(16)18-15-7-14(19-20-15)10-3-1-2-4-10;1-5(2,3-7)6-4-8;;/h1,5-7,10H,2-4,8-9H2,(H2,18,19,20);4,7H,3H2,1-2H3,(H,6,8);1H3;/q-1;;-1;+2. The van der Waals surface area contributed by atoms with E-state index in [1.807, 2.05) is 12.1 Å². The van der Waals surface area contributed by atoms with Crippen molar-refractivity contribution in [3.8, 4) is 0 Å². The fourth-order valence-corrected chi connectivity index (χ4v) is 5.51. The first-order valence-corrected chi connectivity index (χ1v) is 12.4. The molecule has 32 heavy (non-hydrogen) atoms. The number of fused-ring (bicyclic) bond motifs is 1. The van der Waals surface area contributed by atoms with Gasteiger partial charge in [0.2, 0.25) is 6.41 Å². The van der Waals surface area contributed by atoms with Crippen molar-refractivity contribution in [3.63, 3.8) is 0 Å². The first-order chi connectivity index (χ1) is 14.3. The summed E-state index contributed by atoms with van der Waals surface area (Å²) >= 11 is 5.32. The number of aromatic nitrogens is 2. The summed E-state index contributed by atoms with van der Waals surface area (Å²) in [5.74, 6) is 2.53. The molecule has 0 spiro atoms. The fraction of sp³-hybridized carbons (Fsp3) is 0.455. The van der Waals surface area contributed by atoms with Gasteiger partial charge < -0.3 is 29.6 Å². The zero-order valence-corrected chi connectivity index (χ0v) is 24.5. The van der Waals surface area contributed by atoms with Crippen molar-refractivity contribution in [1.29, 1.82) is 0 Å². The number of H-pyrrole nitrogens is 1. The van der Waals surface area contributed by atoms with E-state index in [1.54, 1.807) is 19.9 Å². The Hall–Kier alpha value is -0.788. The normalized spacial score (nSPS) is 19.0. The van der Waals surface area contributed by atoms with Gasteiger partial charge in [0.1, 0.15) is 0 Å². The molecule has 0 radical (unpaired) electrons. The van der Waals surface area contributed by atoms with E-state index in [-0.39, 0.29) is 60.4 Å². The first-order valence-electron chi connectivity index (χ1n) is 9.94. The summed E-state index contributed by atoms with van der Waals surface area (Å²) in [6.07, 6.45) is 6.31. The first kappa shape index (κ1) is 29.2. The van der Waals surface area contributed by atoms with Crippen LogP contribution in [0.1, 0.15) is 55.8 Å². The maximum absolute atomic E-state index is 14.6. The van der Waals surface area contributed by atoms with Crippen molar-refractivity contribution in [3.05, 3.63) is 54.7 Å². The van der Waals surface area contributed by atoms with Crippen LogP contribution < -0.4 is 10.6 Å². The Morgan fingerprint density at radius 3 is 2.78 bits per heavy atom. The topological polar surface area (TPSA) is 90.0 Å². The van der Waals surface area contributed by atoms with Gasteiger partial charge in [-0.1, -0.05) is 23.7 Å². The molecule has 1 saturated carbocycles. The minimum absolute atomic E-state index is 0. The number of nitrogens with zero attached hydrogens (tertiary/aromatic N) is 1. The number of aliphatic hydroxyl groups is 1. The molecule has 1 aromatic carbocycles. The molecule has 2 aromatic rings. The molecule has 1 fully saturated rings. The molecule has 2 atom stereocenters. The second-order valence-electron chi connectivity index (χ2n) is 8.23. The number of carbonyl (C=O) groups is 1. The summed E-state index contributed by atoms with van der Waals surface area (Å²) in [5.41, 5.74) is 2.99. The Morgan fingerprint density at radius 2 is 2.19 bits per heavy atom. The molecule has 6 nitrogen and oxygen atoms in total. The van der Waals surface area contributed by atoms with Gasteiger partial charge in [0.15, 0.2) is 11.6 Å². The third-order valence-electron chi connectivity index (χ3n) is 5.28. The van der Waals surface area contributed by atoms with E-state index in [0.29, 0.717) is 29.6 Å². The van der Waals surface area contributed by atoms with Crippen LogP contribution in [0.2, 0.25) is 0 Å². The number of halogens is 1. The molecular formula is C22H31FN4O2S2U. The molecule has 1 aromatic heterocycles. The summed E-state index contributed by atoms with van der Waals surface area (Å²) in [6.45, 7) is 3.44. The van der Waals surface area contributed by atoms with Crippen LogP contribution in [0.25, 0.3) is 0 Å². The van der Waals surface area contributed by atoms with E-state index in [2.05, 4.69) is 27.3 Å². The number of carbonyl (C=O) groups excluding carboxylic acids is 1. The van der Waals surface area contributed by atoms with Gasteiger partial charge in [0.25, 0.3) is 0 Å². The molecule has 2 unspecified atom stereocenters. The van der Waals surface area contributed by atoms with Gasteiger partial charge in [-0.2, -0.15) is 17.9 Å². The summed E-state index contributed by atoms with van der Waals surface area (Å²) in [7, 11) is -0.142. The van der Waals surface area contributed by atoms with Crippen LogP contribution in [-0.4, -0.2) is 33.9 Å². The molecule has 10 heteroatoms. The largest absolute Gasteiger partial charge is 2.00 e. The van der Waals surface area contributed by atoms with Gasteiger partial charge in [0.05, 0.1) is 17.8 Å². The fourth-order valence-electron chi connectivity index (χ4n) is 3.43. The number of aromatic amines is 1. The maximum Gasteiger partial charge on any atom is 2.00 e. The minimum Gasteiger partial charge on any atom is -0.394 e. The molecule has 4 rings (SSSR count). The average Bonchev–Trinajstić information content (AvgIpc) is 3.45. The number of hydrogen-bond donors (Lipinski definition) is 4. The van der Waals surface area contributed by atoms with Gasteiger partial charge in [-0.15, -0.1) is 9.45 Å². The van der Waals surface area contributed by atoms with Crippen LogP contribution in [0, 0.1) is 50.8 Å². The van der Waals surface area contributed by atoms with Gasteiger partial charge in [-0.05, 0) is 31.4 Å². The second-order valence-corrected chi connectivity index (χ2v) is 11.1. The Morgan fingerprint density at radius 1 is 1.44 bits per heavy atom. The monoisotopic (exact) mass is 704 g/mol. The number of amides is 1. The van der Waals surface area contributed by atoms with E-state index in [9.17, 15) is 9.18 Å².